The first-order valence-electron chi connectivity index (χ1n) is 14.0. The number of carbonyl (C=O) groups excluding carboxylic acids is 1. The van der Waals surface area contributed by atoms with Crippen molar-refractivity contribution >= 4 is 11.9 Å². The number of carbonyl (C=O) groups is 2. The summed E-state index contributed by atoms with van der Waals surface area (Å²) in [6.45, 7) is 9.52. The lowest BCUT2D eigenvalue weighted by atomic mass is 9.76. The molecule has 1 aliphatic carbocycles. The van der Waals surface area contributed by atoms with Gasteiger partial charge < -0.3 is 25.5 Å². The molecule has 1 heterocycles. The maximum atomic E-state index is 13.3. The minimum Gasteiger partial charge on any atom is -0.508 e. The lowest BCUT2D eigenvalue weighted by molar-refractivity contribution is -0.148. The average Bonchev–Trinajstić information content (AvgIpc) is 3.52. The molecule has 38 heavy (non-hydrogen) atoms. The average molecular weight is 523 g/mol. The third-order valence-corrected chi connectivity index (χ3v) is 8.30. The van der Waals surface area contributed by atoms with Crippen LogP contribution < -0.4 is 5.32 Å². The van der Waals surface area contributed by atoms with Gasteiger partial charge in [-0.25, -0.2) is 0 Å². The third-order valence-electron chi connectivity index (χ3n) is 8.30. The quantitative estimate of drug-likeness (QED) is 0.325. The van der Waals surface area contributed by atoms with E-state index in [1.54, 1.807) is 11.0 Å². The van der Waals surface area contributed by atoms with Gasteiger partial charge in [-0.2, -0.15) is 0 Å². The van der Waals surface area contributed by atoms with E-state index in [0.717, 1.165) is 42.4 Å². The second-order valence-electron chi connectivity index (χ2n) is 11.9. The molecule has 0 radical (unpaired) electrons. The second kappa shape index (κ2) is 11.4. The predicted octanol–water partition coefficient (Wildman–Crippen LogP) is 5.57. The van der Waals surface area contributed by atoms with Crippen molar-refractivity contribution in [2.45, 2.75) is 90.8 Å². The van der Waals surface area contributed by atoms with E-state index in [2.05, 4.69) is 31.3 Å². The summed E-state index contributed by atoms with van der Waals surface area (Å²) >= 11 is 0. The molecule has 2 aliphatic rings. The number of phenols is 2. The number of hydrogen-bond donors (Lipinski definition) is 4. The van der Waals surface area contributed by atoms with Crippen molar-refractivity contribution < 1.29 is 24.9 Å². The number of carboxylic acid groups (broad SMARTS) is 1. The molecule has 4 rings (SSSR count). The SMILES string of the molecule is CC(C)C[C@](NCCc1ccc2c(c1)CN(C(=O)c1cc(C(C)C)c(O)cc1O)C2)(C(=O)O)C1CCCC1. The molecule has 1 fully saturated rings. The molecule has 7 nitrogen and oxygen atoms in total. The molecule has 0 aromatic heterocycles. The van der Waals surface area contributed by atoms with E-state index in [-0.39, 0.29) is 40.7 Å². The number of aliphatic carboxylic acids is 1. The van der Waals surface area contributed by atoms with Gasteiger partial charge in [-0.1, -0.05) is 58.7 Å². The number of hydrogen-bond acceptors (Lipinski definition) is 5. The predicted molar refractivity (Wildman–Crippen MR) is 147 cm³/mol. The summed E-state index contributed by atoms with van der Waals surface area (Å²) in [4.78, 5) is 27.5. The molecule has 0 spiro atoms. The fourth-order valence-electron chi connectivity index (χ4n) is 6.36. The Kier molecular flexibility index (Phi) is 8.36. The highest BCUT2D eigenvalue weighted by molar-refractivity contribution is 5.97. The fraction of sp³-hybridized carbons (Fsp3) is 0.548. The number of benzene rings is 2. The summed E-state index contributed by atoms with van der Waals surface area (Å²) in [6, 6.07) is 9.06. The first-order valence-corrected chi connectivity index (χ1v) is 14.0. The molecule has 7 heteroatoms. The van der Waals surface area contributed by atoms with E-state index in [9.17, 15) is 24.9 Å². The van der Waals surface area contributed by atoms with Gasteiger partial charge in [0.1, 0.15) is 17.0 Å². The van der Waals surface area contributed by atoms with E-state index in [0.29, 0.717) is 38.0 Å². The van der Waals surface area contributed by atoms with Crippen LogP contribution in [0.4, 0.5) is 0 Å². The smallest absolute Gasteiger partial charge is 0.324 e. The van der Waals surface area contributed by atoms with Gasteiger partial charge in [0.05, 0.1) is 5.56 Å². The normalized spacial score (nSPS) is 17.3. The zero-order chi connectivity index (χ0) is 27.6. The summed E-state index contributed by atoms with van der Waals surface area (Å²) in [6.07, 6.45) is 5.45. The summed E-state index contributed by atoms with van der Waals surface area (Å²) in [5, 5.41) is 34.3. The van der Waals surface area contributed by atoms with Crippen LogP contribution in [0.3, 0.4) is 0 Å². The number of fused-ring (bicyclic) bond motifs is 1. The lowest BCUT2D eigenvalue weighted by Crippen LogP contribution is -2.58. The third kappa shape index (κ3) is 5.68. The van der Waals surface area contributed by atoms with Crippen molar-refractivity contribution in [3.8, 4) is 11.5 Å². The molecule has 2 aromatic rings. The van der Waals surface area contributed by atoms with Crippen LogP contribution in [-0.4, -0.2) is 44.2 Å². The minimum atomic E-state index is -0.883. The molecule has 1 atom stereocenters. The van der Waals surface area contributed by atoms with E-state index in [1.165, 1.54) is 6.07 Å². The van der Waals surface area contributed by atoms with Crippen LogP contribution in [-0.2, 0) is 24.3 Å². The van der Waals surface area contributed by atoms with Crippen molar-refractivity contribution in [3.63, 3.8) is 0 Å². The lowest BCUT2D eigenvalue weighted by Gasteiger charge is -2.38. The first kappa shape index (κ1) is 28.0. The molecular weight excluding hydrogens is 480 g/mol. The highest BCUT2D eigenvalue weighted by Gasteiger charge is 2.46. The van der Waals surface area contributed by atoms with E-state index in [4.69, 9.17) is 0 Å². The fourth-order valence-corrected chi connectivity index (χ4v) is 6.36. The monoisotopic (exact) mass is 522 g/mol. The number of rotatable bonds is 10. The number of aromatic hydroxyl groups is 2. The van der Waals surface area contributed by atoms with Crippen LogP contribution in [0.5, 0.6) is 11.5 Å². The van der Waals surface area contributed by atoms with Crippen LogP contribution in [0.15, 0.2) is 30.3 Å². The first-order chi connectivity index (χ1) is 18.0. The van der Waals surface area contributed by atoms with Gasteiger partial charge in [0, 0.05) is 25.7 Å². The van der Waals surface area contributed by atoms with Crippen LogP contribution in [0, 0.1) is 11.8 Å². The second-order valence-corrected chi connectivity index (χ2v) is 11.9. The maximum absolute atomic E-state index is 13.3. The van der Waals surface area contributed by atoms with Crippen molar-refractivity contribution in [3.05, 3.63) is 58.1 Å². The summed E-state index contributed by atoms with van der Waals surface area (Å²) in [7, 11) is 0. The zero-order valence-electron chi connectivity index (χ0n) is 23.1. The van der Waals surface area contributed by atoms with Gasteiger partial charge >= 0.3 is 5.97 Å². The topological polar surface area (TPSA) is 110 Å². The summed E-state index contributed by atoms with van der Waals surface area (Å²) < 4.78 is 0. The van der Waals surface area contributed by atoms with Crippen LogP contribution in [0.25, 0.3) is 0 Å². The Morgan fingerprint density at radius 2 is 1.68 bits per heavy atom. The van der Waals surface area contributed by atoms with E-state index in [1.807, 2.05) is 19.9 Å². The zero-order valence-corrected chi connectivity index (χ0v) is 23.1. The molecule has 1 aliphatic heterocycles. The van der Waals surface area contributed by atoms with Crippen molar-refractivity contribution in [2.75, 3.05) is 6.54 Å². The Bertz CT molecular complexity index is 1190. The molecule has 0 saturated heterocycles. The summed E-state index contributed by atoms with van der Waals surface area (Å²) in [5.74, 6) is -0.764. The van der Waals surface area contributed by atoms with Crippen molar-refractivity contribution in [1.82, 2.24) is 10.2 Å². The molecule has 1 amide bonds. The molecular formula is C31H42N2O5. The van der Waals surface area contributed by atoms with Gasteiger partial charge in [0.2, 0.25) is 0 Å². The Balaban J connectivity index is 1.44. The summed E-state index contributed by atoms with van der Waals surface area (Å²) in [5.41, 5.74) is 3.20. The van der Waals surface area contributed by atoms with Crippen LogP contribution in [0.1, 0.15) is 98.3 Å². The number of amides is 1. The van der Waals surface area contributed by atoms with Crippen LogP contribution >= 0.6 is 0 Å². The highest BCUT2D eigenvalue weighted by Crippen LogP contribution is 2.38. The van der Waals surface area contributed by atoms with Crippen molar-refractivity contribution in [1.29, 1.82) is 0 Å². The van der Waals surface area contributed by atoms with Gasteiger partial charge in [0.15, 0.2) is 0 Å². The Labute approximate surface area is 225 Å². The van der Waals surface area contributed by atoms with E-state index < -0.39 is 11.5 Å². The highest BCUT2D eigenvalue weighted by atomic mass is 16.4. The molecule has 0 bridgehead atoms. The Hall–Kier alpha value is -3.06. The van der Waals surface area contributed by atoms with Crippen molar-refractivity contribution in [2.24, 2.45) is 11.8 Å². The minimum absolute atomic E-state index is 0.00903. The number of carboxylic acids is 1. The van der Waals surface area contributed by atoms with E-state index >= 15 is 0 Å². The standard InChI is InChI=1S/C31H42N2O5/c1-19(2)16-31(30(37)38,24-7-5-6-8-24)32-12-11-21-9-10-22-17-33(18-23(22)13-21)29(36)26-14-25(20(3)4)27(34)15-28(26)35/h9-10,13-15,19-20,24,32,34-35H,5-8,11-12,16-18H2,1-4H3,(H,37,38)/t31-/m1/s1. The Morgan fingerprint density at radius 1 is 1.00 bits per heavy atom. The molecule has 0 unspecified atom stereocenters. The van der Waals surface area contributed by atoms with Gasteiger partial charge in [0.25, 0.3) is 5.91 Å². The maximum Gasteiger partial charge on any atom is 0.324 e. The molecule has 4 N–H and O–H groups in total. The molecule has 206 valence electrons. The number of nitrogens with zero attached hydrogens (tertiary/aromatic N) is 1. The number of phenolic OH excluding ortho intramolecular Hbond substituents is 2. The van der Waals surface area contributed by atoms with Gasteiger partial charge in [-0.05, 0) is 71.8 Å². The molecule has 2 aromatic carbocycles. The van der Waals surface area contributed by atoms with Gasteiger partial charge in [-0.3, -0.25) is 9.59 Å². The molecule has 1 saturated carbocycles. The largest absolute Gasteiger partial charge is 0.508 e. The Morgan fingerprint density at radius 3 is 2.32 bits per heavy atom. The van der Waals surface area contributed by atoms with Gasteiger partial charge in [-0.15, -0.1) is 0 Å². The number of nitrogens with one attached hydrogen (secondary N) is 1. The van der Waals surface area contributed by atoms with Crippen LogP contribution in [0.2, 0.25) is 0 Å².